The van der Waals surface area contributed by atoms with Crippen LogP contribution in [-0.4, -0.2) is 28.0 Å². The van der Waals surface area contributed by atoms with Crippen LogP contribution in [0.4, 0.5) is 8.78 Å². The number of aromatic nitrogens is 3. The molecule has 0 saturated carbocycles. The van der Waals surface area contributed by atoms with Gasteiger partial charge in [-0.3, -0.25) is 0 Å². The minimum atomic E-state index is -0.752. The van der Waals surface area contributed by atoms with Gasteiger partial charge in [0, 0.05) is 0 Å². The van der Waals surface area contributed by atoms with Crippen molar-refractivity contribution in [1.29, 1.82) is 0 Å². The van der Waals surface area contributed by atoms with Crippen molar-refractivity contribution in [2.24, 2.45) is 0 Å². The maximum absolute atomic E-state index is 13.1. The molecule has 92 valence electrons. The number of esters is 1. The van der Waals surface area contributed by atoms with E-state index >= 15 is 0 Å². The third kappa shape index (κ3) is 2.29. The lowest BCUT2D eigenvalue weighted by molar-refractivity contribution is 0.0595. The van der Waals surface area contributed by atoms with Crippen molar-refractivity contribution < 1.29 is 18.3 Å². The van der Waals surface area contributed by atoms with E-state index in [0.717, 1.165) is 24.7 Å². The van der Waals surface area contributed by atoms with Gasteiger partial charge in [0.2, 0.25) is 0 Å². The van der Waals surface area contributed by atoms with Crippen LogP contribution in [0.25, 0.3) is 11.4 Å². The van der Waals surface area contributed by atoms with Crippen LogP contribution in [0.1, 0.15) is 10.5 Å². The Morgan fingerprint density at radius 2 is 1.72 bits per heavy atom. The lowest BCUT2D eigenvalue weighted by Gasteiger charge is -2.05. The molecule has 0 radical (unpaired) electrons. The SMILES string of the molecule is COC(=O)c1ncc(F)cc1-c1ncc(F)cn1. The zero-order valence-electron chi connectivity index (χ0n) is 9.22. The molecule has 0 aliphatic rings. The molecule has 18 heavy (non-hydrogen) atoms. The van der Waals surface area contributed by atoms with E-state index in [1.807, 2.05) is 0 Å². The quantitative estimate of drug-likeness (QED) is 0.758. The van der Waals surface area contributed by atoms with Gasteiger partial charge < -0.3 is 4.74 Å². The first-order chi connectivity index (χ1) is 8.61. The van der Waals surface area contributed by atoms with Gasteiger partial charge in [-0.2, -0.15) is 0 Å². The summed E-state index contributed by atoms with van der Waals surface area (Å²) in [5.74, 6) is -2.06. The average Bonchev–Trinajstić information content (AvgIpc) is 2.38. The predicted octanol–water partition coefficient (Wildman–Crippen LogP) is 1.60. The average molecular weight is 251 g/mol. The summed E-state index contributed by atoms with van der Waals surface area (Å²) in [6.45, 7) is 0. The number of ether oxygens (including phenoxy) is 1. The Hall–Kier alpha value is -2.44. The summed E-state index contributed by atoms with van der Waals surface area (Å²) < 4.78 is 30.3. The summed E-state index contributed by atoms with van der Waals surface area (Å²) in [6, 6.07) is 1.03. The van der Waals surface area contributed by atoms with Gasteiger partial charge in [-0.1, -0.05) is 0 Å². The van der Waals surface area contributed by atoms with Crippen molar-refractivity contribution in [2.75, 3.05) is 7.11 Å². The molecule has 0 aliphatic carbocycles. The molecule has 5 nitrogen and oxygen atoms in total. The van der Waals surface area contributed by atoms with Gasteiger partial charge in [0.05, 0.1) is 31.3 Å². The van der Waals surface area contributed by atoms with Gasteiger partial charge in [-0.25, -0.2) is 28.5 Å². The lowest BCUT2D eigenvalue weighted by Crippen LogP contribution is -2.08. The summed E-state index contributed by atoms with van der Waals surface area (Å²) in [7, 11) is 1.17. The second kappa shape index (κ2) is 4.82. The molecule has 0 N–H and O–H groups in total. The van der Waals surface area contributed by atoms with E-state index in [9.17, 15) is 13.6 Å². The van der Waals surface area contributed by atoms with E-state index in [0.29, 0.717) is 0 Å². The Morgan fingerprint density at radius 3 is 2.33 bits per heavy atom. The van der Waals surface area contributed by atoms with Crippen LogP contribution in [0.15, 0.2) is 24.7 Å². The fourth-order valence-electron chi connectivity index (χ4n) is 1.32. The molecule has 0 atom stereocenters. The molecule has 2 aromatic heterocycles. The Labute approximate surface area is 100 Å². The fourth-order valence-corrected chi connectivity index (χ4v) is 1.32. The maximum Gasteiger partial charge on any atom is 0.357 e. The highest BCUT2D eigenvalue weighted by atomic mass is 19.1. The lowest BCUT2D eigenvalue weighted by atomic mass is 10.1. The van der Waals surface area contributed by atoms with E-state index in [-0.39, 0.29) is 17.1 Å². The molecule has 0 aliphatic heterocycles. The zero-order valence-corrected chi connectivity index (χ0v) is 9.22. The molecule has 7 heteroatoms. The largest absolute Gasteiger partial charge is 0.464 e. The van der Waals surface area contributed by atoms with Crippen LogP contribution in [0.2, 0.25) is 0 Å². The van der Waals surface area contributed by atoms with Crippen molar-refractivity contribution in [1.82, 2.24) is 15.0 Å². The van der Waals surface area contributed by atoms with Crippen LogP contribution in [0.5, 0.6) is 0 Å². The third-order valence-corrected chi connectivity index (χ3v) is 2.09. The van der Waals surface area contributed by atoms with Crippen LogP contribution in [0.3, 0.4) is 0 Å². The molecule has 0 spiro atoms. The van der Waals surface area contributed by atoms with Gasteiger partial charge in [0.25, 0.3) is 0 Å². The van der Waals surface area contributed by atoms with Crippen LogP contribution >= 0.6 is 0 Å². The summed E-state index contributed by atoms with van der Waals surface area (Å²) >= 11 is 0. The molecule has 2 aromatic rings. The number of hydrogen-bond acceptors (Lipinski definition) is 5. The summed E-state index contributed by atoms with van der Waals surface area (Å²) in [5.41, 5.74) is -0.0904. The van der Waals surface area contributed by atoms with E-state index in [2.05, 4.69) is 19.7 Å². The van der Waals surface area contributed by atoms with Crippen molar-refractivity contribution in [3.05, 3.63) is 42.0 Å². The Morgan fingerprint density at radius 1 is 1.11 bits per heavy atom. The molecule has 0 unspecified atom stereocenters. The predicted molar refractivity (Wildman–Crippen MR) is 56.5 cm³/mol. The van der Waals surface area contributed by atoms with Gasteiger partial charge in [0.15, 0.2) is 17.3 Å². The molecule has 0 saturated heterocycles. The van der Waals surface area contributed by atoms with E-state index < -0.39 is 17.6 Å². The standard InChI is InChI=1S/C11H7F2N3O2/c1-18-11(17)9-8(2-6(12)3-14-9)10-15-4-7(13)5-16-10/h2-5H,1H3. The van der Waals surface area contributed by atoms with E-state index in [1.165, 1.54) is 7.11 Å². The number of rotatable bonds is 2. The van der Waals surface area contributed by atoms with E-state index in [1.54, 1.807) is 0 Å². The minimum Gasteiger partial charge on any atom is -0.464 e. The second-order valence-corrected chi connectivity index (χ2v) is 3.27. The van der Waals surface area contributed by atoms with Gasteiger partial charge >= 0.3 is 5.97 Å². The molecule has 0 bridgehead atoms. The second-order valence-electron chi connectivity index (χ2n) is 3.27. The first-order valence-electron chi connectivity index (χ1n) is 4.83. The zero-order chi connectivity index (χ0) is 13.1. The molecular weight excluding hydrogens is 244 g/mol. The first-order valence-corrected chi connectivity index (χ1v) is 4.83. The van der Waals surface area contributed by atoms with Gasteiger partial charge in [0.1, 0.15) is 5.82 Å². The molecule has 0 aromatic carbocycles. The van der Waals surface area contributed by atoms with E-state index in [4.69, 9.17) is 0 Å². The normalized spacial score (nSPS) is 10.2. The summed E-state index contributed by atoms with van der Waals surface area (Å²) in [5, 5.41) is 0. The third-order valence-electron chi connectivity index (χ3n) is 2.09. The summed E-state index contributed by atoms with van der Waals surface area (Å²) in [6.07, 6.45) is 2.70. The molecule has 2 heterocycles. The highest BCUT2D eigenvalue weighted by molar-refractivity contribution is 5.94. The fraction of sp³-hybridized carbons (Fsp3) is 0.0909. The monoisotopic (exact) mass is 251 g/mol. The number of nitrogens with zero attached hydrogens (tertiary/aromatic N) is 3. The smallest absolute Gasteiger partial charge is 0.357 e. The van der Waals surface area contributed by atoms with Crippen LogP contribution in [0, 0.1) is 11.6 Å². The number of methoxy groups -OCH3 is 1. The number of hydrogen-bond donors (Lipinski definition) is 0. The summed E-state index contributed by atoms with van der Waals surface area (Å²) in [4.78, 5) is 22.4. The number of carbonyl (C=O) groups excluding carboxylic acids is 1. The van der Waals surface area contributed by atoms with Gasteiger partial charge in [-0.05, 0) is 6.07 Å². The number of halogens is 2. The van der Waals surface area contributed by atoms with Crippen molar-refractivity contribution in [3.63, 3.8) is 0 Å². The van der Waals surface area contributed by atoms with Crippen LogP contribution < -0.4 is 0 Å². The Kier molecular flexibility index (Phi) is 3.22. The van der Waals surface area contributed by atoms with Crippen molar-refractivity contribution >= 4 is 5.97 Å². The number of carbonyl (C=O) groups is 1. The molecule has 0 fully saturated rings. The van der Waals surface area contributed by atoms with Crippen molar-refractivity contribution in [3.8, 4) is 11.4 Å². The number of pyridine rings is 1. The minimum absolute atomic E-state index is 0.0104. The molecule has 0 amide bonds. The molecular formula is C11H7F2N3O2. The Balaban J connectivity index is 2.57. The Bertz CT molecular complexity index is 587. The van der Waals surface area contributed by atoms with Crippen molar-refractivity contribution in [2.45, 2.75) is 0 Å². The highest BCUT2D eigenvalue weighted by Gasteiger charge is 2.18. The first kappa shape index (κ1) is 12.0. The highest BCUT2D eigenvalue weighted by Crippen LogP contribution is 2.20. The molecule has 2 rings (SSSR count). The van der Waals surface area contributed by atoms with Gasteiger partial charge in [-0.15, -0.1) is 0 Å². The topological polar surface area (TPSA) is 65.0 Å². The maximum atomic E-state index is 13.1. The van der Waals surface area contributed by atoms with Crippen LogP contribution in [-0.2, 0) is 4.74 Å².